The van der Waals surface area contributed by atoms with Crippen LogP contribution in [0.4, 0.5) is 8.78 Å². The van der Waals surface area contributed by atoms with Gasteiger partial charge in [-0.05, 0) is 104 Å². The lowest BCUT2D eigenvalue weighted by Crippen LogP contribution is -2.30. The molecule has 0 N–H and O–H groups in total. The van der Waals surface area contributed by atoms with Gasteiger partial charge in [0.15, 0.2) is 0 Å². The minimum absolute atomic E-state index is 0.0918. The highest BCUT2D eigenvalue weighted by Crippen LogP contribution is 2.48. The van der Waals surface area contributed by atoms with Crippen LogP contribution in [0.2, 0.25) is 0 Å². The zero-order valence-corrected chi connectivity index (χ0v) is 17.8. The molecule has 2 aromatic rings. The molecule has 0 nitrogen and oxygen atoms in total. The molecule has 30 heavy (non-hydrogen) atoms. The van der Waals surface area contributed by atoms with E-state index in [9.17, 15) is 0 Å². The number of allylic oxidation sites excluding steroid dienone is 2. The third kappa shape index (κ3) is 4.43. The molecule has 4 rings (SSSR count). The average Bonchev–Trinajstić information content (AvgIpc) is 2.77. The number of hydrogen-bond donors (Lipinski definition) is 0. The standard InChI is InChI=1S/C28H32F2/c1-3-5-6-20-8-10-21(11-9-20)28-26(29)17-25(18-27(28)30)24-14-13-22-15-19(4-2)7-12-23(22)16-24/h3-4,8-11,17-19,22-24H,1-2,5-7,12-16H2. The van der Waals surface area contributed by atoms with Crippen molar-refractivity contribution in [2.45, 2.75) is 57.3 Å². The predicted molar refractivity (Wildman–Crippen MR) is 121 cm³/mol. The SMILES string of the molecule is C=CCCc1ccc(-c2c(F)cc(C3CCC4CC(C=C)CCC4C3)cc2F)cc1. The van der Waals surface area contributed by atoms with Gasteiger partial charge in [-0.3, -0.25) is 0 Å². The zero-order chi connectivity index (χ0) is 21.1. The second kappa shape index (κ2) is 9.29. The molecule has 2 aromatic carbocycles. The molecule has 0 aliphatic heterocycles. The van der Waals surface area contributed by atoms with Crippen molar-refractivity contribution in [1.29, 1.82) is 0 Å². The normalized spacial score (nSPS) is 26.1. The molecule has 2 aliphatic carbocycles. The maximum atomic E-state index is 15.0. The first kappa shape index (κ1) is 21.0. The fourth-order valence-corrected chi connectivity index (χ4v) is 5.65. The van der Waals surface area contributed by atoms with Crippen molar-refractivity contribution >= 4 is 0 Å². The van der Waals surface area contributed by atoms with Crippen LogP contribution >= 0.6 is 0 Å². The summed E-state index contributed by atoms with van der Waals surface area (Å²) in [4.78, 5) is 0. The van der Waals surface area contributed by atoms with Crippen molar-refractivity contribution in [3.05, 3.63) is 84.5 Å². The average molecular weight is 407 g/mol. The van der Waals surface area contributed by atoms with Crippen LogP contribution in [0.1, 0.15) is 62.0 Å². The van der Waals surface area contributed by atoms with Gasteiger partial charge < -0.3 is 0 Å². The molecule has 4 unspecified atom stereocenters. The highest BCUT2D eigenvalue weighted by Gasteiger charge is 2.35. The van der Waals surface area contributed by atoms with Crippen molar-refractivity contribution in [3.8, 4) is 11.1 Å². The second-order valence-corrected chi connectivity index (χ2v) is 9.22. The Morgan fingerprint density at radius 1 is 0.867 bits per heavy atom. The van der Waals surface area contributed by atoms with E-state index in [0.29, 0.717) is 17.4 Å². The Balaban J connectivity index is 1.50. The quantitative estimate of drug-likeness (QED) is 0.424. The van der Waals surface area contributed by atoms with E-state index in [0.717, 1.165) is 49.1 Å². The first-order valence-corrected chi connectivity index (χ1v) is 11.4. The molecule has 2 saturated carbocycles. The van der Waals surface area contributed by atoms with E-state index in [4.69, 9.17) is 0 Å². The molecule has 0 radical (unpaired) electrons. The van der Waals surface area contributed by atoms with Gasteiger partial charge in [-0.1, -0.05) is 36.4 Å². The third-order valence-electron chi connectivity index (χ3n) is 7.40. The smallest absolute Gasteiger partial charge is 0.134 e. The molecule has 0 amide bonds. The van der Waals surface area contributed by atoms with Crippen LogP contribution in [-0.2, 0) is 6.42 Å². The summed E-state index contributed by atoms with van der Waals surface area (Å²) in [7, 11) is 0. The van der Waals surface area contributed by atoms with Gasteiger partial charge in [0.05, 0.1) is 5.56 Å². The molecular formula is C28H32F2. The van der Waals surface area contributed by atoms with E-state index in [1.807, 2.05) is 30.3 Å². The Morgan fingerprint density at radius 2 is 1.53 bits per heavy atom. The van der Waals surface area contributed by atoms with E-state index in [1.165, 1.54) is 19.3 Å². The van der Waals surface area contributed by atoms with Crippen LogP contribution in [0, 0.1) is 29.4 Å². The van der Waals surface area contributed by atoms with E-state index in [-0.39, 0.29) is 11.5 Å². The Bertz CT molecular complexity index is 872. The minimum atomic E-state index is -0.443. The van der Waals surface area contributed by atoms with Crippen LogP contribution < -0.4 is 0 Å². The number of rotatable bonds is 6. The molecule has 0 bridgehead atoms. The van der Waals surface area contributed by atoms with Gasteiger partial charge in [0.25, 0.3) is 0 Å². The second-order valence-electron chi connectivity index (χ2n) is 9.22. The summed E-state index contributed by atoms with van der Waals surface area (Å²) < 4.78 is 30.0. The number of aryl methyl sites for hydroxylation is 1. The third-order valence-corrected chi connectivity index (χ3v) is 7.40. The molecule has 0 aromatic heterocycles. The number of halogens is 2. The van der Waals surface area contributed by atoms with Crippen LogP contribution in [-0.4, -0.2) is 0 Å². The predicted octanol–water partition coefficient (Wildman–Crippen LogP) is 8.24. The van der Waals surface area contributed by atoms with Crippen molar-refractivity contribution < 1.29 is 8.78 Å². The van der Waals surface area contributed by atoms with Crippen molar-refractivity contribution in [1.82, 2.24) is 0 Å². The monoisotopic (exact) mass is 406 g/mol. The summed E-state index contributed by atoms with van der Waals surface area (Å²) in [6, 6.07) is 10.7. The Morgan fingerprint density at radius 3 is 2.20 bits per heavy atom. The van der Waals surface area contributed by atoms with E-state index in [1.54, 1.807) is 12.1 Å². The van der Waals surface area contributed by atoms with Crippen LogP contribution in [0.3, 0.4) is 0 Å². The molecule has 158 valence electrons. The van der Waals surface area contributed by atoms with Gasteiger partial charge in [0, 0.05) is 0 Å². The molecule has 4 atom stereocenters. The minimum Gasteiger partial charge on any atom is -0.206 e. The topological polar surface area (TPSA) is 0 Å². The summed E-state index contributed by atoms with van der Waals surface area (Å²) in [5, 5.41) is 0. The molecule has 2 fully saturated rings. The largest absolute Gasteiger partial charge is 0.206 e. The molecule has 0 spiro atoms. The number of hydrogen-bond acceptors (Lipinski definition) is 0. The number of benzene rings is 2. The summed E-state index contributed by atoms with van der Waals surface area (Å²) >= 11 is 0. The fourth-order valence-electron chi connectivity index (χ4n) is 5.65. The number of fused-ring (bicyclic) bond motifs is 1. The molecular weight excluding hydrogens is 374 g/mol. The lowest BCUT2D eigenvalue weighted by Gasteiger charge is -2.41. The summed E-state index contributed by atoms with van der Waals surface area (Å²) in [5.74, 6) is 1.48. The van der Waals surface area contributed by atoms with Gasteiger partial charge in [0.2, 0.25) is 0 Å². The van der Waals surface area contributed by atoms with Gasteiger partial charge in [-0.2, -0.15) is 0 Å². The van der Waals surface area contributed by atoms with Crippen LogP contribution in [0.5, 0.6) is 0 Å². The Kier molecular flexibility index (Phi) is 6.51. The zero-order valence-electron chi connectivity index (χ0n) is 17.8. The lowest BCUT2D eigenvalue weighted by molar-refractivity contribution is 0.133. The van der Waals surface area contributed by atoms with E-state index >= 15 is 8.78 Å². The van der Waals surface area contributed by atoms with Crippen LogP contribution in [0.25, 0.3) is 11.1 Å². The summed E-state index contributed by atoms with van der Waals surface area (Å²) in [5.41, 5.74) is 2.68. The highest BCUT2D eigenvalue weighted by atomic mass is 19.1. The maximum Gasteiger partial charge on any atom is 0.134 e. The summed E-state index contributed by atoms with van der Waals surface area (Å²) in [6.07, 6.45) is 12.7. The molecule has 2 heteroatoms. The van der Waals surface area contributed by atoms with Gasteiger partial charge >= 0.3 is 0 Å². The van der Waals surface area contributed by atoms with Crippen molar-refractivity contribution in [3.63, 3.8) is 0 Å². The highest BCUT2D eigenvalue weighted by molar-refractivity contribution is 5.65. The van der Waals surface area contributed by atoms with E-state index < -0.39 is 11.6 Å². The fraction of sp³-hybridized carbons (Fsp3) is 0.429. The van der Waals surface area contributed by atoms with Gasteiger partial charge in [-0.25, -0.2) is 8.78 Å². The van der Waals surface area contributed by atoms with Crippen molar-refractivity contribution in [2.24, 2.45) is 17.8 Å². The first-order valence-electron chi connectivity index (χ1n) is 11.4. The maximum absolute atomic E-state index is 15.0. The van der Waals surface area contributed by atoms with Crippen LogP contribution in [0.15, 0.2) is 61.7 Å². The Labute approximate surface area is 179 Å². The van der Waals surface area contributed by atoms with E-state index in [2.05, 4.69) is 19.2 Å². The Hall–Kier alpha value is -2.22. The lowest BCUT2D eigenvalue weighted by atomic mass is 9.64. The molecule has 0 saturated heterocycles. The summed E-state index contributed by atoms with van der Waals surface area (Å²) in [6.45, 7) is 7.70. The van der Waals surface area contributed by atoms with Gasteiger partial charge in [0.1, 0.15) is 11.6 Å². The first-order chi connectivity index (χ1) is 14.6. The van der Waals surface area contributed by atoms with Crippen molar-refractivity contribution in [2.75, 3.05) is 0 Å². The molecule has 0 heterocycles. The molecule has 2 aliphatic rings. The van der Waals surface area contributed by atoms with Gasteiger partial charge in [-0.15, -0.1) is 13.2 Å².